The molecule has 158 valence electrons. The molecular weight excluding hydrogens is 477 g/mol. The van der Waals surface area contributed by atoms with Crippen molar-refractivity contribution in [2.75, 3.05) is 45.9 Å². The van der Waals surface area contributed by atoms with Gasteiger partial charge in [0.1, 0.15) is 11.6 Å². The average Bonchev–Trinajstić information content (AvgIpc) is 3.14. The maximum Gasteiger partial charge on any atom is 0.188 e. The Morgan fingerprint density at radius 2 is 1.82 bits per heavy atom. The zero-order chi connectivity index (χ0) is 19.1. The molecule has 0 spiro atoms. The summed E-state index contributed by atoms with van der Waals surface area (Å²) >= 11 is 0. The Balaban J connectivity index is 0.00000280. The highest BCUT2D eigenvalue weighted by molar-refractivity contribution is 14.0. The number of nitrogens with zero attached hydrogens (tertiary/aromatic N) is 2. The molecule has 0 unspecified atom stereocenters. The third-order valence-corrected chi connectivity index (χ3v) is 5.67. The Bertz CT molecular complexity index is 627. The highest BCUT2D eigenvalue weighted by atomic mass is 127. The Hall–Kier alpha value is -1.00. The molecule has 0 bridgehead atoms. The third-order valence-electron chi connectivity index (χ3n) is 5.67. The van der Waals surface area contributed by atoms with Crippen molar-refractivity contribution >= 4 is 29.9 Å². The highest BCUT2D eigenvalue weighted by Crippen LogP contribution is 2.43. The molecule has 1 aliphatic heterocycles. The van der Waals surface area contributed by atoms with Gasteiger partial charge in [-0.15, -0.1) is 24.0 Å². The van der Waals surface area contributed by atoms with Gasteiger partial charge in [0, 0.05) is 30.6 Å². The van der Waals surface area contributed by atoms with E-state index in [-0.39, 0.29) is 29.5 Å². The molecule has 0 radical (unpaired) electrons. The fourth-order valence-electron chi connectivity index (χ4n) is 4.18. The topological polar surface area (TPSA) is 62.9 Å². The van der Waals surface area contributed by atoms with E-state index in [0.717, 1.165) is 71.5 Å². The Labute approximate surface area is 183 Å². The van der Waals surface area contributed by atoms with E-state index in [1.165, 1.54) is 18.2 Å². The summed E-state index contributed by atoms with van der Waals surface area (Å²) in [4.78, 5) is 6.81. The molecule has 1 aromatic rings. The number of hydrogen-bond donors (Lipinski definition) is 2. The molecule has 0 atom stereocenters. The zero-order valence-corrected chi connectivity index (χ0v) is 18.6. The fourth-order valence-corrected chi connectivity index (χ4v) is 4.18. The van der Waals surface area contributed by atoms with Gasteiger partial charge in [-0.3, -0.25) is 9.89 Å². The predicted molar refractivity (Wildman–Crippen MR) is 118 cm³/mol. The summed E-state index contributed by atoms with van der Waals surface area (Å²) in [6.07, 6.45) is 4.34. The Morgan fingerprint density at radius 3 is 2.46 bits per heavy atom. The van der Waals surface area contributed by atoms with Crippen LogP contribution in [0.4, 0.5) is 8.78 Å². The molecule has 0 amide bonds. The van der Waals surface area contributed by atoms with Gasteiger partial charge in [0.25, 0.3) is 0 Å². The van der Waals surface area contributed by atoms with Crippen molar-refractivity contribution in [1.29, 1.82) is 0 Å². The number of hydrogen-bond acceptors (Lipinski definition) is 3. The number of nitrogens with one attached hydrogen (secondary N) is 1. The number of nitrogens with two attached hydrogens (primary N) is 1. The van der Waals surface area contributed by atoms with E-state index in [1.54, 1.807) is 0 Å². The molecule has 3 rings (SSSR count). The smallest absolute Gasteiger partial charge is 0.188 e. The van der Waals surface area contributed by atoms with Crippen LogP contribution in [0.15, 0.2) is 23.2 Å². The number of ether oxygens (including phenoxy) is 1. The van der Waals surface area contributed by atoms with Crippen LogP contribution >= 0.6 is 24.0 Å². The number of rotatable bonds is 7. The molecule has 1 heterocycles. The van der Waals surface area contributed by atoms with Crippen molar-refractivity contribution in [3.05, 3.63) is 35.4 Å². The molecule has 1 saturated heterocycles. The molecule has 5 nitrogen and oxygen atoms in total. The van der Waals surface area contributed by atoms with E-state index in [0.29, 0.717) is 12.5 Å². The summed E-state index contributed by atoms with van der Waals surface area (Å²) in [5.74, 6) is -0.617. The summed E-state index contributed by atoms with van der Waals surface area (Å²) in [6, 6.07) is 4.06. The van der Waals surface area contributed by atoms with E-state index in [9.17, 15) is 8.78 Å². The van der Waals surface area contributed by atoms with E-state index in [1.807, 2.05) is 0 Å². The molecule has 1 aromatic carbocycles. The van der Waals surface area contributed by atoms with E-state index >= 15 is 0 Å². The van der Waals surface area contributed by atoms with Crippen molar-refractivity contribution in [3.8, 4) is 0 Å². The van der Waals surface area contributed by atoms with Crippen LogP contribution in [-0.2, 0) is 10.2 Å². The van der Waals surface area contributed by atoms with Gasteiger partial charge in [-0.1, -0.05) is 18.9 Å². The largest absolute Gasteiger partial charge is 0.379 e. The monoisotopic (exact) mass is 508 g/mol. The first-order valence-corrected chi connectivity index (χ1v) is 9.89. The Morgan fingerprint density at radius 1 is 1.18 bits per heavy atom. The minimum atomic E-state index is -0.588. The second-order valence-electron chi connectivity index (χ2n) is 7.52. The molecule has 2 fully saturated rings. The van der Waals surface area contributed by atoms with Crippen LogP contribution in [0.5, 0.6) is 0 Å². The summed E-state index contributed by atoms with van der Waals surface area (Å²) in [5.41, 5.74) is 5.59. The molecule has 28 heavy (non-hydrogen) atoms. The van der Waals surface area contributed by atoms with Gasteiger partial charge < -0.3 is 15.8 Å². The number of aliphatic imine (C=N–C) groups is 1. The SMILES string of the molecule is I.NC(=NCC1(c2c(F)cccc2F)CCCC1)NCCCN1CCOCC1. The molecule has 8 heteroatoms. The summed E-state index contributed by atoms with van der Waals surface area (Å²) in [5, 5.41) is 3.13. The molecule has 1 saturated carbocycles. The molecule has 1 aliphatic carbocycles. The standard InChI is InChI=1S/C20H30F2N4O.HI/c21-16-5-3-6-17(22)18(16)20(7-1-2-8-20)15-25-19(23)24-9-4-10-26-11-13-27-14-12-26;/h3,5-6H,1-2,4,7-15H2,(H3,23,24,25);1H. The van der Waals surface area contributed by atoms with Crippen LogP contribution in [-0.4, -0.2) is 56.8 Å². The fraction of sp³-hybridized carbons (Fsp3) is 0.650. The summed E-state index contributed by atoms with van der Waals surface area (Å²) < 4.78 is 34.0. The number of guanidine groups is 1. The molecular formula is C20H31F2IN4O. The number of benzene rings is 1. The van der Waals surface area contributed by atoms with Gasteiger partial charge >= 0.3 is 0 Å². The van der Waals surface area contributed by atoms with Gasteiger partial charge in [-0.05, 0) is 37.9 Å². The lowest BCUT2D eigenvalue weighted by molar-refractivity contribution is 0.0376. The summed E-state index contributed by atoms with van der Waals surface area (Å²) in [7, 11) is 0. The second kappa shape index (κ2) is 11.3. The predicted octanol–water partition coefficient (Wildman–Crippen LogP) is 3.02. The Kier molecular flexibility index (Phi) is 9.36. The first-order valence-electron chi connectivity index (χ1n) is 9.89. The first kappa shape index (κ1) is 23.3. The van der Waals surface area contributed by atoms with Gasteiger partial charge in [-0.2, -0.15) is 0 Å². The number of halogens is 3. The zero-order valence-electron chi connectivity index (χ0n) is 16.3. The van der Waals surface area contributed by atoms with Crippen LogP contribution in [0, 0.1) is 11.6 Å². The van der Waals surface area contributed by atoms with Crippen molar-refractivity contribution in [1.82, 2.24) is 10.2 Å². The second-order valence-corrected chi connectivity index (χ2v) is 7.52. The third kappa shape index (κ3) is 6.00. The lowest BCUT2D eigenvalue weighted by Crippen LogP contribution is -2.39. The van der Waals surface area contributed by atoms with Gasteiger partial charge in [0.15, 0.2) is 5.96 Å². The van der Waals surface area contributed by atoms with Gasteiger partial charge in [-0.25, -0.2) is 8.78 Å². The van der Waals surface area contributed by atoms with Gasteiger partial charge in [0.05, 0.1) is 19.8 Å². The van der Waals surface area contributed by atoms with Crippen molar-refractivity contribution in [2.45, 2.75) is 37.5 Å². The lowest BCUT2D eigenvalue weighted by Gasteiger charge is -2.29. The normalized spacial score (nSPS) is 20.0. The van der Waals surface area contributed by atoms with Crippen molar-refractivity contribution in [3.63, 3.8) is 0 Å². The van der Waals surface area contributed by atoms with Crippen LogP contribution in [0.1, 0.15) is 37.7 Å². The minimum absolute atomic E-state index is 0. The minimum Gasteiger partial charge on any atom is -0.379 e. The molecule has 3 N–H and O–H groups in total. The van der Waals surface area contributed by atoms with Crippen LogP contribution in [0.25, 0.3) is 0 Å². The van der Waals surface area contributed by atoms with E-state index < -0.39 is 17.0 Å². The molecule has 0 aromatic heterocycles. The van der Waals surface area contributed by atoms with Crippen LogP contribution < -0.4 is 11.1 Å². The maximum absolute atomic E-state index is 14.3. The lowest BCUT2D eigenvalue weighted by atomic mass is 9.78. The summed E-state index contributed by atoms with van der Waals surface area (Å²) in [6.45, 7) is 5.58. The quantitative estimate of drug-likeness (QED) is 0.257. The van der Waals surface area contributed by atoms with Crippen LogP contribution in [0.3, 0.4) is 0 Å². The van der Waals surface area contributed by atoms with E-state index in [4.69, 9.17) is 10.5 Å². The van der Waals surface area contributed by atoms with Crippen LogP contribution in [0.2, 0.25) is 0 Å². The first-order chi connectivity index (χ1) is 13.1. The number of morpholine rings is 1. The highest BCUT2D eigenvalue weighted by Gasteiger charge is 2.39. The van der Waals surface area contributed by atoms with Gasteiger partial charge in [0.2, 0.25) is 0 Å². The maximum atomic E-state index is 14.3. The van der Waals surface area contributed by atoms with E-state index in [2.05, 4.69) is 15.2 Å². The van der Waals surface area contributed by atoms with Crippen molar-refractivity contribution in [2.24, 2.45) is 10.7 Å². The molecule has 2 aliphatic rings. The van der Waals surface area contributed by atoms with Crippen molar-refractivity contribution < 1.29 is 13.5 Å². The average molecular weight is 508 g/mol.